The summed E-state index contributed by atoms with van der Waals surface area (Å²) in [5.74, 6) is 1.90. The Labute approximate surface area is 132 Å². The first kappa shape index (κ1) is 13.3. The molecule has 0 aliphatic rings. The van der Waals surface area contributed by atoms with Crippen molar-refractivity contribution in [2.45, 2.75) is 0 Å². The zero-order chi connectivity index (χ0) is 15.8. The molecule has 4 rings (SSSR count). The van der Waals surface area contributed by atoms with E-state index < -0.39 is 0 Å². The van der Waals surface area contributed by atoms with Gasteiger partial charge in [0.1, 0.15) is 5.76 Å². The first-order valence-electron chi connectivity index (χ1n) is 7.18. The van der Waals surface area contributed by atoms with E-state index in [4.69, 9.17) is 10.2 Å². The Hall–Kier alpha value is -3.34. The fraction of sp³-hybridized carbons (Fsp3) is 0. The van der Waals surface area contributed by atoms with E-state index in [9.17, 15) is 5.41 Å². The largest absolute Gasteiger partial charge is 0.494 e. The van der Waals surface area contributed by atoms with Gasteiger partial charge in [-0.05, 0) is 29.8 Å². The van der Waals surface area contributed by atoms with Crippen LogP contribution in [-0.2, 0) is 0 Å². The molecule has 0 spiro atoms. The summed E-state index contributed by atoms with van der Waals surface area (Å²) in [6.45, 7) is 0. The number of imidazole rings is 1. The molecule has 0 saturated carbocycles. The molecule has 5 nitrogen and oxygen atoms in total. The van der Waals surface area contributed by atoms with Crippen LogP contribution in [0, 0.1) is 0 Å². The van der Waals surface area contributed by atoms with E-state index in [1.807, 2.05) is 48.5 Å². The number of H-pyrrole nitrogens is 1. The molecule has 0 radical (unpaired) electrons. The van der Waals surface area contributed by atoms with Crippen LogP contribution in [0.5, 0.6) is 0 Å². The summed E-state index contributed by atoms with van der Waals surface area (Å²) in [7, 11) is 0. The molecule has 0 fully saturated rings. The van der Waals surface area contributed by atoms with Crippen molar-refractivity contribution >= 4 is 16.9 Å². The lowest BCUT2D eigenvalue weighted by molar-refractivity contribution is 0.593. The average Bonchev–Trinajstić information content (AvgIpc) is 3.21. The molecule has 0 atom stereocenters. The van der Waals surface area contributed by atoms with Gasteiger partial charge in [-0.3, -0.25) is 0 Å². The molecule has 5 heteroatoms. The maximum absolute atomic E-state index is 9.27. The second kappa shape index (κ2) is 5.14. The molecule has 2 aromatic heterocycles. The van der Waals surface area contributed by atoms with Crippen molar-refractivity contribution < 1.29 is 4.42 Å². The topological polar surface area (TPSA) is 90.1 Å². The lowest BCUT2D eigenvalue weighted by atomic mass is 10.1. The highest BCUT2D eigenvalue weighted by Gasteiger charge is 2.10. The van der Waals surface area contributed by atoms with E-state index in [0.29, 0.717) is 17.1 Å². The van der Waals surface area contributed by atoms with Crippen molar-refractivity contribution in [1.82, 2.24) is 9.97 Å². The summed E-state index contributed by atoms with van der Waals surface area (Å²) >= 11 is 0. The smallest absolute Gasteiger partial charge is 0.174 e. The fourth-order valence-electron chi connectivity index (χ4n) is 2.50. The van der Waals surface area contributed by atoms with Gasteiger partial charge in [0.25, 0.3) is 0 Å². The predicted octanol–water partition coefficient (Wildman–Crippen LogP) is 3.76. The highest BCUT2D eigenvalue weighted by molar-refractivity contribution is 6.00. The maximum atomic E-state index is 9.27. The number of rotatable bonds is 3. The quantitative estimate of drug-likeness (QED) is 0.446. The minimum absolute atomic E-state index is 0.195. The zero-order valence-electron chi connectivity index (χ0n) is 12.2. The number of benzene rings is 2. The van der Waals surface area contributed by atoms with Crippen LogP contribution in [0.3, 0.4) is 0 Å². The number of nitrogens with one attached hydrogen (secondary N) is 1. The number of nitrogens with zero attached hydrogens (tertiary/aromatic N) is 2. The minimum atomic E-state index is -0.195. The molecule has 0 amide bonds. The van der Waals surface area contributed by atoms with Gasteiger partial charge in [-0.1, -0.05) is 42.2 Å². The maximum Gasteiger partial charge on any atom is 0.174 e. The van der Waals surface area contributed by atoms with Crippen LogP contribution in [0.2, 0.25) is 0 Å². The van der Waals surface area contributed by atoms with Crippen LogP contribution < -0.4 is 5.73 Å². The zero-order valence-corrected chi connectivity index (χ0v) is 12.2. The van der Waals surface area contributed by atoms with Gasteiger partial charge in [0.05, 0.1) is 11.0 Å². The van der Waals surface area contributed by atoms with Crippen LogP contribution in [0.15, 0.2) is 65.1 Å². The third kappa shape index (κ3) is 2.38. The molecule has 0 aliphatic carbocycles. The van der Waals surface area contributed by atoms with E-state index in [1.165, 1.54) is 0 Å². The normalized spacial score (nSPS) is 11.0. The van der Waals surface area contributed by atoms with Crippen molar-refractivity contribution in [2.75, 3.05) is 0 Å². The molecule has 112 valence electrons. The Morgan fingerprint density at radius 3 is 2.43 bits per heavy atom. The van der Waals surface area contributed by atoms with Crippen LogP contribution in [0.1, 0.15) is 5.56 Å². The van der Waals surface area contributed by atoms with Crippen LogP contribution >= 0.6 is 0 Å². The number of aromatic amines is 1. The van der Waals surface area contributed by atoms with Gasteiger partial charge in [0.15, 0.2) is 11.6 Å². The summed E-state index contributed by atoms with van der Waals surface area (Å²) in [6, 6.07) is 18.8. The standard InChI is InChI=1S/C18H13N4O/c19-17(20)12-7-5-11(6-8-12)15-9-10-16(23-15)18-21-13-3-1-2-4-14(13)22-18/h1-10H,(H3-,19,20,21,22)/q-1. The van der Waals surface area contributed by atoms with Gasteiger partial charge in [-0.2, -0.15) is 0 Å². The second-order valence-corrected chi connectivity index (χ2v) is 5.23. The molecule has 4 aromatic rings. The van der Waals surface area contributed by atoms with Gasteiger partial charge in [-0.25, -0.2) is 4.98 Å². The molecule has 0 aliphatic heterocycles. The number of amidine groups is 1. The van der Waals surface area contributed by atoms with Crippen molar-refractivity contribution in [1.29, 1.82) is 0 Å². The number of hydrogen-bond acceptors (Lipinski definition) is 2. The summed E-state index contributed by atoms with van der Waals surface area (Å²) in [5, 5.41) is 9.27. The van der Waals surface area contributed by atoms with Gasteiger partial charge in [-0.15, -0.1) is 0 Å². The summed E-state index contributed by atoms with van der Waals surface area (Å²) in [4.78, 5) is 7.77. The highest BCUT2D eigenvalue weighted by atomic mass is 16.3. The predicted molar refractivity (Wildman–Crippen MR) is 90.9 cm³/mol. The van der Waals surface area contributed by atoms with E-state index >= 15 is 0 Å². The van der Waals surface area contributed by atoms with Gasteiger partial charge < -0.3 is 20.5 Å². The van der Waals surface area contributed by atoms with Crippen LogP contribution in [-0.4, -0.2) is 15.8 Å². The molecule has 0 saturated heterocycles. The number of para-hydroxylation sites is 2. The number of aromatic nitrogens is 2. The highest BCUT2D eigenvalue weighted by Crippen LogP contribution is 2.28. The Morgan fingerprint density at radius 1 is 0.957 bits per heavy atom. The molecular weight excluding hydrogens is 288 g/mol. The third-order valence-electron chi connectivity index (χ3n) is 3.69. The van der Waals surface area contributed by atoms with E-state index in [-0.39, 0.29) is 5.84 Å². The number of hydrogen-bond donors (Lipinski definition) is 2. The van der Waals surface area contributed by atoms with Gasteiger partial charge in [0.2, 0.25) is 0 Å². The molecule has 2 aromatic carbocycles. The Morgan fingerprint density at radius 2 is 1.70 bits per heavy atom. The Balaban J connectivity index is 1.69. The molecule has 3 N–H and O–H groups in total. The summed E-state index contributed by atoms with van der Waals surface area (Å²) in [5.41, 5.74) is 8.71. The Bertz CT molecular complexity index is 962. The molecule has 0 unspecified atom stereocenters. The summed E-state index contributed by atoms with van der Waals surface area (Å²) in [6.07, 6.45) is 0. The monoisotopic (exact) mass is 301 g/mol. The molecule has 23 heavy (non-hydrogen) atoms. The molecular formula is C18H13N4O-. The Kier molecular flexibility index (Phi) is 2.98. The van der Waals surface area contributed by atoms with Crippen molar-refractivity contribution in [2.24, 2.45) is 5.73 Å². The molecule has 2 heterocycles. The first-order valence-corrected chi connectivity index (χ1v) is 7.18. The van der Waals surface area contributed by atoms with Crippen LogP contribution in [0.4, 0.5) is 0 Å². The van der Waals surface area contributed by atoms with E-state index in [0.717, 1.165) is 22.4 Å². The number of nitrogens with two attached hydrogens (primary N) is 1. The third-order valence-corrected chi connectivity index (χ3v) is 3.69. The van der Waals surface area contributed by atoms with E-state index in [2.05, 4.69) is 9.97 Å². The lowest BCUT2D eigenvalue weighted by Crippen LogP contribution is -2.09. The van der Waals surface area contributed by atoms with E-state index in [1.54, 1.807) is 12.1 Å². The SMILES string of the molecule is [N-]=C(N)c1ccc(-c2ccc(-c3nc4ccccc4[nH]3)o2)cc1. The minimum Gasteiger partial charge on any atom is -0.494 e. The molecule has 0 bridgehead atoms. The number of fused-ring (bicyclic) bond motifs is 1. The average molecular weight is 301 g/mol. The van der Waals surface area contributed by atoms with Crippen molar-refractivity contribution in [3.8, 4) is 22.9 Å². The van der Waals surface area contributed by atoms with Crippen molar-refractivity contribution in [3.63, 3.8) is 0 Å². The summed E-state index contributed by atoms with van der Waals surface area (Å²) < 4.78 is 5.89. The number of furan rings is 1. The first-order chi connectivity index (χ1) is 11.2. The van der Waals surface area contributed by atoms with Crippen LogP contribution in [0.25, 0.3) is 39.4 Å². The van der Waals surface area contributed by atoms with Crippen molar-refractivity contribution in [3.05, 3.63) is 71.6 Å². The van der Waals surface area contributed by atoms with Gasteiger partial charge in [0, 0.05) is 5.56 Å². The lowest BCUT2D eigenvalue weighted by Gasteiger charge is -2.04. The van der Waals surface area contributed by atoms with Gasteiger partial charge >= 0.3 is 0 Å². The second-order valence-electron chi connectivity index (χ2n) is 5.23. The fourth-order valence-corrected chi connectivity index (χ4v) is 2.50.